The lowest BCUT2D eigenvalue weighted by molar-refractivity contribution is -0.383. The smallest absolute Gasteiger partial charge is 0.297 e. The molecule has 1 N–H and O–H groups in total. The summed E-state index contributed by atoms with van der Waals surface area (Å²) in [5, 5.41) is 12.2. The van der Waals surface area contributed by atoms with Crippen LogP contribution in [0, 0.1) is 10.1 Å². The zero-order chi connectivity index (χ0) is 17.2. The van der Waals surface area contributed by atoms with Crippen molar-refractivity contribution in [2.24, 2.45) is 0 Å². The van der Waals surface area contributed by atoms with Crippen molar-refractivity contribution in [3.05, 3.63) is 89.0 Å². The van der Waals surface area contributed by atoms with Gasteiger partial charge < -0.3 is 9.72 Å². The predicted octanol–water partition coefficient (Wildman–Crippen LogP) is 5.54. The van der Waals surface area contributed by atoms with Crippen molar-refractivity contribution in [2.45, 2.75) is 0 Å². The van der Waals surface area contributed by atoms with Crippen LogP contribution in [0.15, 0.2) is 78.9 Å². The maximum Gasteiger partial charge on any atom is 0.297 e. The molecule has 3 aromatic carbocycles. The van der Waals surface area contributed by atoms with Crippen molar-refractivity contribution >= 4 is 16.6 Å². The Morgan fingerprint density at radius 1 is 0.840 bits per heavy atom. The largest absolute Gasteiger partial charge is 0.457 e. The standard InChI is InChI=1S/C20H14N2O3/c23-22(24)19-13-17(25-16-9-5-2-6-10-16)11-15-12-18(21-20(15)19)14-7-3-1-4-8-14/h1-13,21H. The first-order chi connectivity index (χ1) is 12.2. The number of hydrogen-bond acceptors (Lipinski definition) is 3. The average molecular weight is 330 g/mol. The molecule has 5 nitrogen and oxygen atoms in total. The molecule has 0 amide bonds. The van der Waals surface area contributed by atoms with E-state index < -0.39 is 4.92 Å². The molecule has 0 bridgehead atoms. The lowest BCUT2D eigenvalue weighted by atomic mass is 10.1. The molecule has 0 aliphatic rings. The van der Waals surface area contributed by atoms with Gasteiger partial charge in [-0.05, 0) is 29.8 Å². The first-order valence-corrected chi connectivity index (χ1v) is 7.80. The van der Waals surface area contributed by atoms with Crippen molar-refractivity contribution in [1.82, 2.24) is 4.98 Å². The van der Waals surface area contributed by atoms with Crippen LogP contribution < -0.4 is 4.74 Å². The average Bonchev–Trinajstić information content (AvgIpc) is 3.06. The molecule has 122 valence electrons. The number of H-pyrrole nitrogens is 1. The zero-order valence-corrected chi connectivity index (χ0v) is 13.2. The first kappa shape index (κ1) is 15.0. The van der Waals surface area contributed by atoms with Gasteiger partial charge in [0.15, 0.2) is 0 Å². The number of nitro groups is 1. The van der Waals surface area contributed by atoms with Gasteiger partial charge in [0.2, 0.25) is 0 Å². The molecule has 0 aliphatic heterocycles. The van der Waals surface area contributed by atoms with Crippen LogP contribution in [0.4, 0.5) is 5.69 Å². The number of ether oxygens (including phenoxy) is 1. The number of benzene rings is 3. The minimum absolute atomic E-state index is 0.00869. The Kier molecular flexibility index (Phi) is 3.67. The fourth-order valence-corrected chi connectivity index (χ4v) is 2.80. The topological polar surface area (TPSA) is 68.2 Å². The van der Waals surface area contributed by atoms with Crippen molar-refractivity contribution in [3.8, 4) is 22.8 Å². The summed E-state index contributed by atoms with van der Waals surface area (Å²) < 4.78 is 5.77. The summed E-state index contributed by atoms with van der Waals surface area (Å²) in [5.41, 5.74) is 2.28. The number of nitrogens with zero attached hydrogens (tertiary/aromatic N) is 1. The summed E-state index contributed by atoms with van der Waals surface area (Å²) >= 11 is 0. The molecule has 25 heavy (non-hydrogen) atoms. The van der Waals surface area contributed by atoms with Crippen molar-refractivity contribution in [1.29, 1.82) is 0 Å². The third-order valence-corrected chi connectivity index (χ3v) is 3.94. The summed E-state index contributed by atoms with van der Waals surface area (Å²) in [6.45, 7) is 0. The lowest BCUT2D eigenvalue weighted by Gasteiger charge is -2.05. The molecule has 1 heterocycles. The molecule has 0 unspecified atom stereocenters. The highest BCUT2D eigenvalue weighted by atomic mass is 16.6. The second-order valence-corrected chi connectivity index (χ2v) is 5.63. The molecular formula is C20H14N2O3. The van der Waals surface area contributed by atoms with Gasteiger partial charge in [0, 0.05) is 11.1 Å². The Balaban J connectivity index is 1.83. The zero-order valence-electron chi connectivity index (χ0n) is 13.2. The summed E-state index contributed by atoms with van der Waals surface area (Å²) in [5.74, 6) is 1.07. The molecule has 4 aromatic rings. The number of hydrogen-bond donors (Lipinski definition) is 1. The molecule has 0 saturated carbocycles. The maximum absolute atomic E-state index is 11.5. The van der Waals surface area contributed by atoms with E-state index in [1.54, 1.807) is 6.07 Å². The van der Waals surface area contributed by atoms with Gasteiger partial charge in [-0.3, -0.25) is 10.1 Å². The van der Waals surface area contributed by atoms with E-state index in [9.17, 15) is 10.1 Å². The van der Waals surface area contributed by atoms with Gasteiger partial charge in [0.05, 0.1) is 11.0 Å². The minimum atomic E-state index is -0.397. The monoisotopic (exact) mass is 330 g/mol. The van der Waals surface area contributed by atoms with E-state index in [4.69, 9.17) is 4.74 Å². The van der Waals surface area contributed by atoms with Gasteiger partial charge >= 0.3 is 0 Å². The van der Waals surface area contributed by atoms with E-state index in [1.807, 2.05) is 66.7 Å². The fraction of sp³-hybridized carbons (Fsp3) is 0. The number of para-hydroxylation sites is 1. The van der Waals surface area contributed by atoms with E-state index in [2.05, 4.69) is 4.98 Å². The predicted molar refractivity (Wildman–Crippen MR) is 96.9 cm³/mol. The molecule has 0 atom stereocenters. The normalized spacial score (nSPS) is 10.7. The Morgan fingerprint density at radius 3 is 2.20 bits per heavy atom. The number of aromatic nitrogens is 1. The number of nitrogens with one attached hydrogen (secondary N) is 1. The number of rotatable bonds is 4. The first-order valence-electron chi connectivity index (χ1n) is 7.80. The SMILES string of the molecule is O=[N+]([O-])c1cc(Oc2ccccc2)cc2cc(-c3ccccc3)[nH]c12. The number of nitro benzene ring substituents is 1. The second-order valence-electron chi connectivity index (χ2n) is 5.63. The molecular weight excluding hydrogens is 316 g/mol. The highest BCUT2D eigenvalue weighted by molar-refractivity contribution is 5.93. The maximum atomic E-state index is 11.5. The summed E-state index contributed by atoms with van der Waals surface area (Å²) in [6.07, 6.45) is 0. The third kappa shape index (κ3) is 2.95. The number of fused-ring (bicyclic) bond motifs is 1. The van der Waals surface area contributed by atoms with Gasteiger partial charge in [-0.2, -0.15) is 0 Å². The van der Waals surface area contributed by atoms with Crippen LogP contribution in [-0.2, 0) is 0 Å². The van der Waals surface area contributed by atoms with Crippen LogP contribution in [-0.4, -0.2) is 9.91 Å². The highest BCUT2D eigenvalue weighted by Crippen LogP contribution is 2.35. The van der Waals surface area contributed by atoms with Gasteiger partial charge in [-0.1, -0.05) is 48.5 Å². The van der Waals surface area contributed by atoms with E-state index in [0.29, 0.717) is 17.0 Å². The van der Waals surface area contributed by atoms with Crippen LogP contribution >= 0.6 is 0 Å². The third-order valence-electron chi connectivity index (χ3n) is 3.94. The molecule has 0 spiro atoms. The molecule has 0 fully saturated rings. The Morgan fingerprint density at radius 2 is 1.52 bits per heavy atom. The van der Waals surface area contributed by atoms with Gasteiger partial charge in [0.1, 0.15) is 17.0 Å². The fourth-order valence-electron chi connectivity index (χ4n) is 2.80. The molecule has 5 heteroatoms. The second kappa shape index (κ2) is 6.13. The van der Waals surface area contributed by atoms with Crippen molar-refractivity contribution in [2.75, 3.05) is 0 Å². The van der Waals surface area contributed by atoms with E-state index in [0.717, 1.165) is 16.6 Å². The number of non-ortho nitro benzene ring substituents is 1. The molecule has 0 radical (unpaired) electrons. The van der Waals surface area contributed by atoms with Gasteiger partial charge in [-0.15, -0.1) is 0 Å². The van der Waals surface area contributed by atoms with Gasteiger partial charge in [0.25, 0.3) is 5.69 Å². The quantitative estimate of drug-likeness (QED) is 0.395. The summed E-state index contributed by atoms with van der Waals surface area (Å²) in [6, 6.07) is 24.1. The molecule has 0 aliphatic carbocycles. The van der Waals surface area contributed by atoms with Crippen LogP contribution in [0.3, 0.4) is 0 Å². The van der Waals surface area contributed by atoms with E-state index in [1.165, 1.54) is 6.07 Å². The number of aromatic amines is 1. The minimum Gasteiger partial charge on any atom is -0.457 e. The lowest BCUT2D eigenvalue weighted by Crippen LogP contribution is -1.91. The summed E-state index contributed by atoms with van der Waals surface area (Å²) in [4.78, 5) is 14.3. The van der Waals surface area contributed by atoms with Crippen molar-refractivity contribution < 1.29 is 9.66 Å². The van der Waals surface area contributed by atoms with E-state index >= 15 is 0 Å². The Labute approximate surface area is 143 Å². The van der Waals surface area contributed by atoms with Crippen LogP contribution in [0.2, 0.25) is 0 Å². The Bertz CT molecular complexity index is 1040. The summed E-state index contributed by atoms with van der Waals surface area (Å²) in [7, 11) is 0. The van der Waals surface area contributed by atoms with Crippen LogP contribution in [0.5, 0.6) is 11.5 Å². The van der Waals surface area contributed by atoms with Gasteiger partial charge in [-0.25, -0.2) is 0 Å². The molecule has 4 rings (SSSR count). The van der Waals surface area contributed by atoms with Crippen LogP contribution in [0.25, 0.3) is 22.2 Å². The molecule has 1 aromatic heterocycles. The van der Waals surface area contributed by atoms with E-state index in [-0.39, 0.29) is 5.69 Å². The highest BCUT2D eigenvalue weighted by Gasteiger charge is 2.18. The molecule has 0 saturated heterocycles. The van der Waals surface area contributed by atoms with Crippen molar-refractivity contribution in [3.63, 3.8) is 0 Å². The Hall–Kier alpha value is -3.60. The van der Waals surface area contributed by atoms with Crippen LogP contribution in [0.1, 0.15) is 0 Å².